The first-order valence-electron chi connectivity index (χ1n) is 6.81. The molecule has 0 aromatic heterocycles. The Hall–Kier alpha value is -0.560. The van der Waals surface area contributed by atoms with Crippen LogP contribution in [0.4, 0.5) is 0 Å². The molecule has 1 aliphatic rings. The number of thioether (sulfide) groups is 1. The van der Waals surface area contributed by atoms with E-state index in [0.29, 0.717) is 23.6 Å². The molecular formula is C14H21NO3S2. The summed E-state index contributed by atoms with van der Waals surface area (Å²) in [5, 5.41) is 9.22. The van der Waals surface area contributed by atoms with Gasteiger partial charge in [-0.05, 0) is 54.4 Å². The van der Waals surface area contributed by atoms with Crippen molar-refractivity contribution in [3.63, 3.8) is 0 Å². The maximum atomic E-state index is 12.4. The van der Waals surface area contributed by atoms with Crippen molar-refractivity contribution in [1.82, 2.24) is 4.72 Å². The molecule has 20 heavy (non-hydrogen) atoms. The molecule has 0 spiro atoms. The Bertz CT molecular complexity index is 552. The standard InChI is InChI=1S/C14H21NO3S2/c1-11-13(10-16)3-2-4-14(11)20(17,18)15-9-12-5-7-19-8-6-12/h2-4,12,15-16H,5-10H2,1H3. The van der Waals surface area contributed by atoms with Gasteiger partial charge in [-0.3, -0.25) is 0 Å². The summed E-state index contributed by atoms with van der Waals surface area (Å²) in [6.45, 7) is 2.10. The second-order valence-corrected chi connectivity index (χ2v) is 8.07. The van der Waals surface area contributed by atoms with E-state index in [1.165, 1.54) is 0 Å². The van der Waals surface area contributed by atoms with Crippen LogP contribution in [0.3, 0.4) is 0 Å². The van der Waals surface area contributed by atoms with Gasteiger partial charge in [-0.25, -0.2) is 13.1 Å². The fraction of sp³-hybridized carbons (Fsp3) is 0.571. The van der Waals surface area contributed by atoms with Crippen LogP contribution in [-0.2, 0) is 16.6 Å². The molecule has 2 rings (SSSR count). The number of rotatable bonds is 5. The van der Waals surface area contributed by atoms with Gasteiger partial charge in [0.05, 0.1) is 11.5 Å². The van der Waals surface area contributed by atoms with Gasteiger partial charge in [0, 0.05) is 6.54 Å². The Morgan fingerprint density at radius 1 is 1.35 bits per heavy atom. The number of hydrogen-bond donors (Lipinski definition) is 2. The molecule has 6 heteroatoms. The van der Waals surface area contributed by atoms with Crippen molar-refractivity contribution in [3.8, 4) is 0 Å². The molecule has 1 aromatic rings. The van der Waals surface area contributed by atoms with Crippen molar-refractivity contribution >= 4 is 21.8 Å². The van der Waals surface area contributed by atoms with Crippen molar-refractivity contribution in [3.05, 3.63) is 29.3 Å². The summed E-state index contributed by atoms with van der Waals surface area (Å²) >= 11 is 1.93. The van der Waals surface area contributed by atoms with E-state index < -0.39 is 10.0 Å². The Kier molecular flexibility index (Phi) is 5.49. The third-order valence-corrected chi connectivity index (χ3v) is 6.38. The van der Waals surface area contributed by atoms with Crippen LogP contribution in [0.5, 0.6) is 0 Å². The van der Waals surface area contributed by atoms with Crippen LogP contribution in [0.25, 0.3) is 0 Å². The molecule has 2 N–H and O–H groups in total. The van der Waals surface area contributed by atoms with Crippen molar-refractivity contribution in [2.75, 3.05) is 18.1 Å². The number of benzene rings is 1. The Balaban J connectivity index is 2.10. The van der Waals surface area contributed by atoms with Crippen LogP contribution >= 0.6 is 11.8 Å². The van der Waals surface area contributed by atoms with E-state index in [1.807, 2.05) is 11.8 Å². The lowest BCUT2D eigenvalue weighted by Gasteiger charge is -2.21. The normalized spacial score (nSPS) is 17.3. The largest absolute Gasteiger partial charge is 0.392 e. The molecule has 1 aromatic carbocycles. The van der Waals surface area contributed by atoms with Crippen molar-refractivity contribution in [2.45, 2.75) is 31.3 Å². The molecule has 0 aliphatic carbocycles. The minimum absolute atomic E-state index is 0.144. The van der Waals surface area contributed by atoms with Crippen molar-refractivity contribution in [2.24, 2.45) is 5.92 Å². The molecule has 1 saturated heterocycles. The SMILES string of the molecule is Cc1c(CO)cccc1S(=O)(=O)NCC1CCSCC1. The number of hydrogen-bond acceptors (Lipinski definition) is 4. The summed E-state index contributed by atoms with van der Waals surface area (Å²) in [5.74, 6) is 2.67. The van der Waals surface area contributed by atoms with E-state index in [2.05, 4.69) is 4.72 Å². The highest BCUT2D eigenvalue weighted by molar-refractivity contribution is 7.99. The molecular weight excluding hydrogens is 294 g/mol. The highest BCUT2D eigenvalue weighted by Crippen LogP contribution is 2.23. The average molecular weight is 315 g/mol. The van der Waals surface area contributed by atoms with Gasteiger partial charge in [0.25, 0.3) is 0 Å². The third kappa shape index (κ3) is 3.75. The zero-order valence-electron chi connectivity index (χ0n) is 11.6. The van der Waals surface area contributed by atoms with Gasteiger partial charge in [0.15, 0.2) is 0 Å². The lowest BCUT2D eigenvalue weighted by molar-refractivity contribution is 0.280. The van der Waals surface area contributed by atoms with E-state index in [1.54, 1.807) is 25.1 Å². The number of sulfonamides is 1. The monoisotopic (exact) mass is 315 g/mol. The van der Waals surface area contributed by atoms with Gasteiger partial charge in [-0.15, -0.1) is 0 Å². The first-order chi connectivity index (χ1) is 9.54. The van der Waals surface area contributed by atoms with Crippen LogP contribution in [0.2, 0.25) is 0 Å². The van der Waals surface area contributed by atoms with Gasteiger partial charge in [0.2, 0.25) is 10.0 Å². The minimum Gasteiger partial charge on any atom is -0.392 e. The quantitative estimate of drug-likeness (QED) is 0.871. The predicted octanol–water partition coefficient (Wildman–Crippen LogP) is 1.91. The van der Waals surface area contributed by atoms with Gasteiger partial charge in [-0.2, -0.15) is 11.8 Å². The molecule has 0 unspecified atom stereocenters. The molecule has 0 bridgehead atoms. The minimum atomic E-state index is -3.49. The van der Waals surface area contributed by atoms with E-state index >= 15 is 0 Å². The molecule has 1 fully saturated rings. The maximum absolute atomic E-state index is 12.4. The average Bonchev–Trinajstić information content (AvgIpc) is 2.46. The highest BCUT2D eigenvalue weighted by atomic mass is 32.2. The molecule has 4 nitrogen and oxygen atoms in total. The van der Waals surface area contributed by atoms with Gasteiger partial charge < -0.3 is 5.11 Å². The third-order valence-electron chi connectivity index (χ3n) is 3.76. The fourth-order valence-corrected chi connectivity index (χ4v) is 4.98. The molecule has 1 aliphatic heterocycles. The Morgan fingerprint density at radius 2 is 2.05 bits per heavy atom. The van der Waals surface area contributed by atoms with E-state index in [-0.39, 0.29) is 11.5 Å². The van der Waals surface area contributed by atoms with E-state index in [9.17, 15) is 13.5 Å². The molecule has 0 amide bonds. The number of nitrogens with one attached hydrogen (secondary N) is 1. The summed E-state index contributed by atoms with van der Waals surface area (Å²) in [7, 11) is -3.49. The lowest BCUT2D eigenvalue weighted by atomic mass is 10.0. The summed E-state index contributed by atoms with van der Waals surface area (Å²) in [6, 6.07) is 5.00. The van der Waals surface area contributed by atoms with Crippen molar-refractivity contribution < 1.29 is 13.5 Å². The molecule has 112 valence electrons. The highest BCUT2D eigenvalue weighted by Gasteiger charge is 2.21. The summed E-state index contributed by atoms with van der Waals surface area (Å²) in [5.41, 5.74) is 1.28. The second kappa shape index (κ2) is 6.93. The van der Waals surface area contributed by atoms with Gasteiger partial charge in [-0.1, -0.05) is 12.1 Å². The van der Waals surface area contributed by atoms with Crippen molar-refractivity contribution in [1.29, 1.82) is 0 Å². The molecule has 0 radical (unpaired) electrons. The predicted molar refractivity (Wildman–Crippen MR) is 82.3 cm³/mol. The first-order valence-corrected chi connectivity index (χ1v) is 9.45. The van der Waals surface area contributed by atoms with Crippen LogP contribution in [0.1, 0.15) is 24.0 Å². The Morgan fingerprint density at radius 3 is 2.70 bits per heavy atom. The van der Waals surface area contributed by atoms with E-state index in [4.69, 9.17) is 0 Å². The van der Waals surface area contributed by atoms with Crippen LogP contribution in [0.15, 0.2) is 23.1 Å². The summed E-state index contributed by atoms with van der Waals surface area (Å²) in [6.07, 6.45) is 2.14. The topological polar surface area (TPSA) is 66.4 Å². The zero-order chi connectivity index (χ0) is 14.6. The fourth-order valence-electron chi connectivity index (χ4n) is 2.38. The van der Waals surface area contributed by atoms with Crippen LogP contribution in [0, 0.1) is 12.8 Å². The summed E-state index contributed by atoms with van der Waals surface area (Å²) in [4.78, 5) is 0.272. The molecule has 0 atom stereocenters. The smallest absolute Gasteiger partial charge is 0.240 e. The number of aliphatic hydroxyl groups excluding tert-OH is 1. The lowest BCUT2D eigenvalue weighted by Crippen LogP contribution is -2.31. The molecule has 1 heterocycles. The number of aliphatic hydroxyl groups is 1. The van der Waals surface area contributed by atoms with Crippen LogP contribution < -0.4 is 4.72 Å². The van der Waals surface area contributed by atoms with Gasteiger partial charge >= 0.3 is 0 Å². The molecule has 0 saturated carbocycles. The van der Waals surface area contributed by atoms with E-state index in [0.717, 1.165) is 24.3 Å². The zero-order valence-corrected chi connectivity index (χ0v) is 13.3. The summed E-state index contributed by atoms with van der Waals surface area (Å²) < 4.78 is 27.5. The second-order valence-electron chi connectivity index (χ2n) is 5.11. The first kappa shape index (κ1) is 15.8. The Labute approximate surface area is 125 Å². The maximum Gasteiger partial charge on any atom is 0.240 e. The van der Waals surface area contributed by atoms with Gasteiger partial charge in [0.1, 0.15) is 0 Å². The van der Waals surface area contributed by atoms with Crippen LogP contribution in [-0.4, -0.2) is 31.6 Å².